The first-order valence-electron chi connectivity index (χ1n) is 11.7. The van der Waals surface area contributed by atoms with Crippen LogP contribution in [0.2, 0.25) is 0 Å². The average molecular weight is 445 g/mol. The van der Waals surface area contributed by atoms with Crippen molar-refractivity contribution in [2.24, 2.45) is 0 Å². The van der Waals surface area contributed by atoms with Crippen molar-refractivity contribution >= 4 is 0 Å². The smallest absolute Gasteiger partial charge is 0.0140 e. The molecule has 32 heavy (non-hydrogen) atoms. The van der Waals surface area contributed by atoms with Gasteiger partial charge in [0.15, 0.2) is 0 Å². The third-order valence-corrected chi connectivity index (χ3v) is 4.51. The summed E-state index contributed by atoms with van der Waals surface area (Å²) in [6.07, 6.45) is -1.67. The van der Waals surface area contributed by atoms with Gasteiger partial charge in [0.2, 0.25) is 0 Å². The molecule has 0 radical (unpaired) electrons. The minimum absolute atomic E-state index is 0.402. The molecule has 0 N–H and O–H groups in total. The molecule has 3 rings (SSSR count). The quantitative estimate of drug-likeness (QED) is 0.701. The summed E-state index contributed by atoms with van der Waals surface area (Å²) in [5.74, 6) is -0.804. The van der Waals surface area contributed by atoms with Crippen LogP contribution in [0.15, 0.2) is 48.5 Å². The number of rotatable bonds is 2. The van der Waals surface area contributed by atoms with E-state index in [1.54, 1.807) is 0 Å². The first kappa shape index (κ1) is 32.5. The molecular formula is C28H48N2O2-2. The van der Waals surface area contributed by atoms with Crippen molar-refractivity contribution in [2.75, 3.05) is 42.3 Å². The Hall–Kier alpha value is -1.72. The van der Waals surface area contributed by atoms with Gasteiger partial charge in [-0.3, -0.25) is 0 Å². The second-order valence-electron chi connectivity index (χ2n) is 8.38. The maximum atomic E-state index is 12.6. The van der Waals surface area contributed by atoms with Gasteiger partial charge in [-0.05, 0) is 90.2 Å². The van der Waals surface area contributed by atoms with Crippen LogP contribution in [0.4, 0.5) is 0 Å². The first-order chi connectivity index (χ1) is 15.1. The van der Waals surface area contributed by atoms with Crippen LogP contribution in [0, 0.1) is 13.8 Å². The Labute approximate surface area is 198 Å². The molecule has 2 aromatic rings. The minimum Gasteiger partial charge on any atom is -0.851 e. The van der Waals surface area contributed by atoms with Crippen LogP contribution in [-0.4, -0.2) is 64.3 Å². The molecule has 1 fully saturated rings. The van der Waals surface area contributed by atoms with E-state index >= 15 is 0 Å². The summed E-state index contributed by atoms with van der Waals surface area (Å²) in [5.41, 5.74) is 3.94. The van der Waals surface area contributed by atoms with Gasteiger partial charge in [-0.1, -0.05) is 76.2 Å². The normalized spacial score (nSPS) is 20.8. The van der Waals surface area contributed by atoms with Gasteiger partial charge in [-0.25, -0.2) is 0 Å². The van der Waals surface area contributed by atoms with Crippen molar-refractivity contribution in [3.05, 3.63) is 70.8 Å². The molecule has 0 amide bonds. The molecule has 1 saturated carbocycles. The Bertz CT molecular complexity index is 641. The SMILES string of the molecule is CC.CC.CN(C)C.CN(C)C.Cc1ccccc1C1C([O-])C(c2ccccc2C)C1[O-]. The highest BCUT2D eigenvalue weighted by molar-refractivity contribution is 5.41. The van der Waals surface area contributed by atoms with E-state index in [0.29, 0.717) is 0 Å². The van der Waals surface area contributed by atoms with Crippen molar-refractivity contribution in [1.82, 2.24) is 9.80 Å². The van der Waals surface area contributed by atoms with E-state index in [1.807, 2.05) is 142 Å². The fourth-order valence-electron chi connectivity index (χ4n) is 3.30. The third-order valence-electron chi connectivity index (χ3n) is 4.51. The van der Waals surface area contributed by atoms with Crippen LogP contribution >= 0.6 is 0 Å². The number of nitrogens with zero attached hydrogens (tertiary/aromatic N) is 2. The van der Waals surface area contributed by atoms with Gasteiger partial charge in [-0.2, -0.15) is 0 Å². The Morgan fingerprint density at radius 3 is 0.969 bits per heavy atom. The summed E-state index contributed by atoms with van der Waals surface area (Å²) in [5, 5.41) is 25.1. The molecular weight excluding hydrogens is 396 g/mol. The molecule has 1 aliphatic rings. The Kier molecular flexibility index (Phi) is 18.0. The maximum absolute atomic E-state index is 12.6. The van der Waals surface area contributed by atoms with Crippen molar-refractivity contribution < 1.29 is 10.2 Å². The molecule has 0 atom stereocenters. The largest absolute Gasteiger partial charge is 0.851 e. The monoisotopic (exact) mass is 444 g/mol. The van der Waals surface area contributed by atoms with Gasteiger partial charge in [0.25, 0.3) is 0 Å². The fraction of sp³-hybridized carbons (Fsp3) is 0.571. The lowest BCUT2D eigenvalue weighted by Crippen LogP contribution is -2.63. The van der Waals surface area contributed by atoms with Crippen LogP contribution in [0.25, 0.3) is 0 Å². The highest BCUT2D eigenvalue weighted by Gasteiger charge is 2.39. The van der Waals surface area contributed by atoms with Gasteiger partial charge >= 0.3 is 0 Å². The summed E-state index contributed by atoms with van der Waals surface area (Å²) in [7, 11) is 12.0. The third kappa shape index (κ3) is 10.7. The van der Waals surface area contributed by atoms with Crippen LogP contribution < -0.4 is 10.2 Å². The molecule has 0 aromatic heterocycles. The molecule has 0 heterocycles. The lowest BCUT2D eigenvalue weighted by atomic mass is 9.62. The van der Waals surface area contributed by atoms with E-state index in [1.165, 1.54) is 0 Å². The Morgan fingerprint density at radius 2 is 0.750 bits per heavy atom. The van der Waals surface area contributed by atoms with E-state index in [-0.39, 0.29) is 0 Å². The minimum atomic E-state index is -0.834. The molecule has 4 nitrogen and oxygen atoms in total. The fourth-order valence-corrected chi connectivity index (χ4v) is 3.30. The molecule has 0 aliphatic heterocycles. The van der Waals surface area contributed by atoms with Gasteiger partial charge < -0.3 is 20.0 Å². The lowest BCUT2D eigenvalue weighted by molar-refractivity contribution is -0.536. The van der Waals surface area contributed by atoms with E-state index in [4.69, 9.17) is 0 Å². The zero-order valence-corrected chi connectivity index (χ0v) is 22.6. The van der Waals surface area contributed by atoms with Crippen LogP contribution in [-0.2, 0) is 0 Å². The lowest BCUT2D eigenvalue weighted by Gasteiger charge is -2.62. The van der Waals surface area contributed by atoms with E-state index in [0.717, 1.165) is 22.3 Å². The van der Waals surface area contributed by atoms with E-state index in [9.17, 15) is 10.2 Å². The van der Waals surface area contributed by atoms with E-state index < -0.39 is 24.0 Å². The number of aryl methyl sites for hydroxylation is 2. The maximum Gasteiger partial charge on any atom is -0.0140 e. The Balaban J connectivity index is 0. The second-order valence-corrected chi connectivity index (χ2v) is 8.38. The molecule has 4 heteroatoms. The topological polar surface area (TPSA) is 52.6 Å². The first-order valence-corrected chi connectivity index (χ1v) is 11.7. The molecule has 0 unspecified atom stereocenters. The Morgan fingerprint density at radius 1 is 0.531 bits per heavy atom. The van der Waals surface area contributed by atoms with Gasteiger partial charge in [0.1, 0.15) is 0 Å². The number of benzene rings is 2. The second kappa shape index (κ2) is 17.8. The van der Waals surface area contributed by atoms with Crippen molar-refractivity contribution in [3.63, 3.8) is 0 Å². The standard InChI is InChI=1S/C18H18O2.2C3H9N.2C2H6/c1-11-7-3-5-9-13(11)15-17(19)16(18(15)20)14-10-6-4-8-12(14)2;2*1-4(2)3;2*1-2/h3-10,15-18H,1-2H3;2*1-3H3;2*1-2H3/q-2;;;;. The molecule has 0 bridgehead atoms. The molecule has 0 saturated heterocycles. The zero-order chi connectivity index (χ0) is 25.4. The predicted molar refractivity (Wildman–Crippen MR) is 137 cm³/mol. The van der Waals surface area contributed by atoms with Gasteiger partial charge in [0.05, 0.1) is 0 Å². The molecule has 2 aromatic carbocycles. The summed E-state index contributed by atoms with van der Waals surface area (Å²) in [4.78, 5) is 4.00. The van der Waals surface area contributed by atoms with Crippen molar-refractivity contribution in [1.29, 1.82) is 0 Å². The van der Waals surface area contributed by atoms with Crippen molar-refractivity contribution in [2.45, 2.75) is 65.6 Å². The molecule has 184 valence electrons. The summed E-state index contributed by atoms with van der Waals surface area (Å²) in [6, 6.07) is 15.5. The van der Waals surface area contributed by atoms with Gasteiger partial charge in [-0.15, -0.1) is 12.2 Å². The van der Waals surface area contributed by atoms with Crippen LogP contribution in [0.5, 0.6) is 0 Å². The van der Waals surface area contributed by atoms with Crippen LogP contribution in [0.3, 0.4) is 0 Å². The van der Waals surface area contributed by atoms with Crippen molar-refractivity contribution in [3.8, 4) is 0 Å². The number of hydrogen-bond donors (Lipinski definition) is 0. The number of hydrogen-bond acceptors (Lipinski definition) is 4. The highest BCUT2D eigenvalue weighted by Crippen LogP contribution is 2.46. The summed E-state index contributed by atoms with van der Waals surface area (Å²) < 4.78 is 0. The zero-order valence-electron chi connectivity index (χ0n) is 22.6. The highest BCUT2D eigenvalue weighted by atomic mass is 16.3. The van der Waals surface area contributed by atoms with Crippen LogP contribution in [0.1, 0.15) is 61.8 Å². The van der Waals surface area contributed by atoms with E-state index in [2.05, 4.69) is 0 Å². The predicted octanol–water partition coefficient (Wildman–Crippen LogP) is 4.05. The molecule has 1 aliphatic carbocycles. The van der Waals surface area contributed by atoms with Gasteiger partial charge in [0, 0.05) is 0 Å². The summed E-state index contributed by atoms with van der Waals surface area (Å²) in [6.45, 7) is 11.9. The molecule has 0 spiro atoms. The average Bonchev–Trinajstić information content (AvgIpc) is 2.74. The summed E-state index contributed by atoms with van der Waals surface area (Å²) >= 11 is 0.